The molecule has 22 heavy (non-hydrogen) atoms. The summed E-state index contributed by atoms with van der Waals surface area (Å²) < 4.78 is 1.72. The molecule has 2 aromatic carbocycles. The number of aromatic nitrogens is 1. The Labute approximate surface area is 126 Å². The second-order valence-electron chi connectivity index (χ2n) is 5.19. The first kappa shape index (κ1) is 12.6. The zero-order valence-corrected chi connectivity index (χ0v) is 11.7. The summed E-state index contributed by atoms with van der Waals surface area (Å²) >= 11 is 0. The summed E-state index contributed by atoms with van der Waals surface area (Å²) in [5.74, 6) is -0.410. The fraction of sp³-hybridized carbons (Fsp3) is 0.0588. The number of carbonyl (C=O) groups excluding carboxylic acids is 1. The third-order valence-corrected chi connectivity index (χ3v) is 3.93. The van der Waals surface area contributed by atoms with Crippen LogP contribution in [0.5, 0.6) is 0 Å². The van der Waals surface area contributed by atoms with E-state index in [4.69, 9.17) is 0 Å². The molecular formula is C17H13N3O2. The van der Waals surface area contributed by atoms with Gasteiger partial charge in [0.15, 0.2) is 0 Å². The maximum absolute atomic E-state index is 12.2. The average Bonchev–Trinajstić information content (AvgIpc) is 2.87. The van der Waals surface area contributed by atoms with Crippen molar-refractivity contribution in [1.82, 2.24) is 9.88 Å². The molecule has 3 aromatic rings. The van der Waals surface area contributed by atoms with E-state index in [2.05, 4.69) is 10.5 Å². The third-order valence-electron chi connectivity index (χ3n) is 3.93. The number of benzene rings is 2. The molecular weight excluding hydrogens is 278 g/mol. The first-order valence-electron chi connectivity index (χ1n) is 6.99. The van der Waals surface area contributed by atoms with Crippen LogP contribution in [0.2, 0.25) is 0 Å². The predicted octanol–water partition coefficient (Wildman–Crippen LogP) is 2.57. The summed E-state index contributed by atoms with van der Waals surface area (Å²) in [4.78, 5) is 12.2. The van der Waals surface area contributed by atoms with Crippen LogP contribution in [-0.2, 0) is 11.3 Å². The summed E-state index contributed by atoms with van der Waals surface area (Å²) in [5.41, 5.74) is 3.67. The van der Waals surface area contributed by atoms with Gasteiger partial charge >= 0.3 is 0 Å². The van der Waals surface area contributed by atoms with Gasteiger partial charge in [-0.3, -0.25) is 9.36 Å². The minimum absolute atomic E-state index is 0.0150. The molecule has 0 atom stereocenters. The molecule has 0 bridgehead atoms. The number of nitrogens with zero attached hydrogens (tertiary/aromatic N) is 2. The zero-order chi connectivity index (χ0) is 15.1. The van der Waals surface area contributed by atoms with Crippen LogP contribution >= 0.6 is 0 Å². The van der Waals surface area contributed by atoms with Gasteiger partial charge < -0.3 is 10.5 Å². The number of hydrogen-bond acceptors (Lipinski definition) is 3. The van der Waals surface area contributed by atoms with Crippen molar-refractivity contribution >= 4 is 22.6 Å². The Morgan fingerprint density at radius 1 is 1.09 bits per heavy atom. The van der Waals surface area contributed by atoms with E-state index in [1.807, 2.05) is 54.6 Å². The van der Waals surface area contributed by atoms with Gasteiger partial charge in [-0.2, -0.15) is 0 Å². The lowest BCUT2D eigenvalue weighted by atomic mass is 10.1. The normalized spacial score (nSPS) is 15.8. The molecule has 0 aliphatic carbocycles. The summed E-state index contributed by atoms with van der Waals surface area (Å²) in [5, 5.41) is 16.4. The quantitative estimate of drug-likeness (QED) is 0.534. The van der Waals surface area contributed by atoms with E-state index in [1.165, 1.54) is 0 Å². The van der Waals surface area contributed by atoms with Gasteiger partial charge in [0.25, 0.3) is 5.91 Å². The van der Waals surface area contributed by atoms with Crippen LogP contribution < -0.4 is 5.32 Å². The molecule has 0 fully saturated rings. The molecule has 0 saturated carbocycles. The van der Waals surface area contributed by atoms with Gasteiger partial charge in [0.2, 0.25) is 5.84 Å². The summed E-state index contributed by atoms with van der Waals surface area (Å²) in [6.07, 6.45) is 0. The van der Waals surface area contributed by atoms with Gasteiger partial charge in [-0.15, -0.1) is 0 Å². The first-order chi connectivity index (χ1) is 10.8. The van der Waals surface area contributed by atoms with Crippen molar-refractivity contribution in [3.63, 3.8) is 0 Å². The van der Waals surface area contributed by atoms with Crippen LogP contribution in [0.25, 0.3) is 22.2 Å². The van der Waals surface area contributed by atoms with Crippen molar-refractivity contribution < 1.29 is 10.0 Å². The van der Waals surface area contributed by atoms with Crippen LogP contribution in [0.4, 0.5) is 0 Å². The molecule has 1 aliphatic heterocycles. The summed E-state index contributed by atoms with van der Waals surface area (Å²) in [6, 6.07) is 17.7. The Kier molecular flexibility index (Phi) is 2.72. The van der Waals surface area contributed by atoms with Crippen molar-refractivity contribution in [1.29, 1.82) is 0 Å². The van der Waals surface area contributed by atoms with E-state index in [9.17, 15) is 10.0 Å². The number of carbonyl (C=O) groups is 1. The number of para-hydroxylation sites is 1. The van der Waals surface area contributed by atoms with Crippen LogP contribution in [0.15, 0.2) is 59.8 Å². The highest BCUT2D eigenvalue weighted by Gasteiger charge is 2.25. The molecule has 1 aliphatic rings. The number of nitrogens with one attached hydrogen (secondary N) is 1. The number of oxime groups is 1. The monoisotopic (exact) mass is 291 g/mol. The maximum atomic E-state index is 12.2. The highest BCUT2D eigenvalue weighted by atomic mass is 16.4. The molecule has 2 N–H and O–H groups in total. The third kappa shape index (κ3) is 1.72. The second-order valence-corrected chi connectivity index (χ2v) is 5.19. The van der Waals surface area contributed by atoms with Crippen molar-refractivity contribution in [3.05, 3.63) is 60.2 Å². The summed E-state index contributed by atoms with van der Waals surface area (Å²) in [7, 11) is 0. The molecule has 4 rings (SSSR count). The van der Waals surface area contributed by atoms with Crippen molar-refractivity contribution in [2.75, 3.05) is 0 Å². The smallest absolute Gasteiger partial charge is 0.291 e. The molecule has 0 saturated heterocycles. The average molecular weight is 291 g/mol. The first-order valence-corrected chi connectivity index (χ1v) is 6.99. The van der Waals surface area contributed by atoms with E-state index in [1.54, 1.807) is 4.57 Å². The molecule has 1 aromatic heterocycles. The van der Waals surface area contributed by atoms with Crippen molar-refractivity contribution in [2.24, 2.45) is 5.16 Å². The lowest BCUT2D eigenvalue weighted by molar-refractivity contribution is -0.115. The van der Waals surface area contributed by atoms with Gasteiger partial charge in [-0.25, -0.2) is 0 Å². The number of amides is 1. The maximum Gasteiger partial charge on any atom is 0.291 e. The van der Waals surface area contributed by atoms with E-state index in [-0.39, 0.29) is 5.84 Å². The van der Waals surface area contributed by atoms with E-state index in [0.717, 1.165) is 27.7 Å². The standard InChI is InChI=1S/C17H13N3O2/c21-17-16(19-22)20-14(11-5-2-1-3-6-11)9-12-7-4-8-13(10-18-17)15(12)20/h1-9,22H,10H2,(H,18,21). The Balaban J connectivity index is 2.13. The highest BCUT2D eigenvalue weighted by Crippen LogP contribution is 2.31. The molecule has 0 radical (unpaired) electrons. The molecule has 1 amide bonds. The SMILES string of the molecule is O=C1NCc2cccc3cc(-c4ccccc4)n(c23)C1=NO. The van der Waals surface area contributed by atoms with Gasteiger partial charge in [0.1, 0.15) is 0 Å². The topological polar surface area (TPSA) is 66.6 Å². The lowest BCUT2D eigenvalue weighted by Gasteiger charge is -2.09. The highest BCUT2D eigenvalue weighted by molar-refractivity contribution is 6.40. The van der Waals surface area contributed by atoms with Crippen molar-refractivity contribution in [2.45, 2.75) is 6.54 Å². The van der Waals surface area contributed by atoms with E-state index < -0.39 is 5.91 Å². The molecule has 5 heteroatoms. The van der Waals surface area contributed by atoms with Crippen LogP contribution in [0, 0.1) is 0 Å². The van der Waals surface area contributed by atoms with Crippen molar-refractivity contribution in [3.8, 4) is 11.3 Å². The molecule has 0 unspecified atom stereocenters. The van der Waals surface area contributed by atoms with Gasteiger partial charge in [0.05, 0.1) is 11.2 Å². The zero-order valence-electron chi connectivity index (χ0n) is 11.7. The largest absolute Gasteiger partial charge is 0.409 e. The second kappa shape index (κ2) is 4.73. The van der Waals surface area contributed by atoms with E-state index >= 15 is 0 Å². The van der Waals surface area contributed by atoms with Crippen LogP contribution in [0.1, 0.15) is 5.56 Å². The Morgan fingerprint density at radius 2 is 1.91 bits per heavy atom. The van der Waals surface area contributed by atoms with E-state index in [0.29, 0.717) is 6.54 Å². The fourth-order valence-electron chi connectivity index (χ4n) is 2.96. The predicted molar refractivity (Wildman–Crippen MR) is 83.8 cm³/mol. The molecule has 108 valence electrons. The Morgan fingerprint density at radius 3 is 2.68 bits per heavy atom. The Hall–Kier alpha value is -3.08. The van der Waals surface area contributed by atoms with Crippen LogP contribution in [-0.4, -0.2) is 21.5 Å². The number of rotatable bonds is 1. The molecule has 0 spiro atoms. The molecule has 2 heterocycles. The van der Waals surface area contributed by atoms with Gasteiger partial charge in [-0.1, -0.05) is 53.7 Å². The lowest BCUT2D eigenvalue weighted by Crippen LogP contribution is -2.32. The molecule has 5 nitrogen and oxygen atoms in total. The van der Waals surface area contributed by atoms with Crippen LogP contribution in [0.3, 0.4) is 0 Å². The van der Waals surface area contributed by atoms with Gasteiger partial charge in [-0.05, 0) is 17.2 Å². The fourth-order valence-corrected chi connectivity index (χ4v) is 2.96. The summed E-state index contributed by atoms with van der Waals surface area (Å²) in [6.45, 7) is 0.410. The minimum Gasteiger partial charge on any atom is -0.409 e. The Bertz CT molecular complexity index is 910. The number of hydrogen-bond donors (Lipinski definition) is 2. The van der Waals surface area contributed by atoms with Gasteiger partial charge in [0, 0.05) is 11.9 Å². The minimum atomic E-state index is -0.395.